The molecule has 0 N–H and O–H groups in total. The van der Waals surface area contributed by atoms with Crippen LogP contribution in [0, 0.1) is 0 Å². The average molecular weight is 727 g/mol. The third-order valence-electron chi connectivity index (χ3n) is 13.9. The molecule has 55 heavy (non-hydrogen) atoms. The van der Waals surface area contributed by atoms with Crippen molar-refractivity contribution < 1.29 is 1.37 Å². The number of anilines is 6. The van der Waals surface area contributed by atoms with E-state index in [4.69, 9.17) is 0 Å². The molecule has 0 unspecified atom stereocenters. The second kappa shape index (κ2) is 11.2. The Labute approximate surface area is 333 Å². The van der Waals surface area contributed by atoms with Gasteiger partial charge in [-0.3, -0.25) is 0 Å². The van der Waals surface area contributed by atoms with Gasteiger partial charge in [0.1, 0.15) is 0 Å². The van der Waals surface area contributed by atoms with Gasteiger partial charge in [0, 0.05) is 34.1 Å². The van der Waals surface area contributed by atoms with Gasteiger partial charge in [-0.1, -0.05) is 139 Å². The van der Waals surface area contributed by atoms with Crippen LogP contribution < -0.4 is 26.2 Å². The van der Waals surface area contributed by atoms with Crippen molar-refractivity contribution in [2.24, 2.45) is 0 Å². The highest BCUT2D eigenvalue weighted by molar-refractivity contribution is 7.00. The predicted octanol–water partition coefficient (Wildman–Crippen LogP) is 12.3. The molecule has 0 saturated heterocycles. The van der Waals surface area contributed by atoms with Gasteiger partial charge in [0.25, 0.3) is 6.71 Å². The lowest BCUT2D eigenvalue weighted by Gasteiger charge is -2.45. The molecule has 5 aromatic carbocycles. The van der Waals surface area contributed by atoms with Gasteiger partial charge in [-0.2, -0.15) is 0 Å². The van der Waals surface area contributed by atoms with E-state index in [9.17, 15) is 1.37 Å². The summed E-state index contributed by atoms with van der Waals surface area (Å²) in [6.07, 6.45) is 2.24. The van der Waals surface area contributed by atoms with Gasteiger partial charge in [0.15, 0.2) is 0 Å². The van der Waals surface area contributed by atoms with E-state index in [0.29, 0.717) is 6.04 Å². The van der Waals surface area contributed by atoms with E-state index in [1.54, 1.807) is 0 Å². The molecule has 0 aromatic heterocycles. The fourth-order valence-corrected chi connectivity index (χ4v) is 11.6. The zero-order valence-electron chi connectivity index (χ0n) is 37.0. The molecular formula is C52H61BN2. The van der Waals surface area contributed by atoms with E-state index in [-0.39, 0.29) is 39.2 Å². The van der Waals surface area contributed by atoms with Crippen LogP contribution in [0.3, 0.4) is 0 Å². The highest BCUT2D eigenvalue weighted by Crippen LogP contribution is 2.54. The highest BCUT2D eigenvalue weighted by Gasteiger charge is 2.49. The van der Waals surface area contributed by atoms with Crippen molar-refractivity contribution in [2.45, 2.75) is 142 Å². The SMILES string of the molecule is [3H]c1cc2c3c(c1)N(c1ccc4c(c1)C(C)(C)CC4(C)C)c1cc4c(cc1B3c1cc(C(C)(C)C)ccc1N2c1ccc(C(C)(C)C)cc1)C(C)(C)CC4(C)C. The molecule has 282 valence electrons. The Morgan fingerprint density at radius 2 is 0.945 bits per heavy atom. The third kappa shape index (κ3) is 5.34. The largest absolute Gasteiger partial charge is 0.311 e. The van der Waals surface area contributed by atoms with Crippen LogP contribution in [0.4, 0.5) is 34.1 Å². The predicted molar refractivity (Wildman–Crippen MR) is 239 cm³/mol. The molecule has 0 spiro atoms. The van der Waals surface area contributed by atoms with Gasteiger partial charge < -0.3 is 9.80 Å². The lowest BCUT2D eigenvalue weighted by Crippen LogP contribution is -2.61. The van der Waals surface area contributed by atoms with Crippen LogP contribution in [0.15, 0.2) is 91.0 Å². The summed E-state index contributed by atoms with van der Waals surface area (Å²) in [5, 5.41) is 0. The first-order valence-electron chi connectivity index (χ1n) is 21.2. The van der Waals surface area contributed by atoms with Crippen molar-refractivity contribution in [2.75, 3.05) is 9.80 Å². The molecule has 0 bridgehead atoms. The van der Waals surface area contributed by atoms with Crippen LogP contribution in [0.2, 0.25) is 0 Å². The van der Waals surface area contributed by atoms with Gasteiger partial charge in [-0.05, 0) is 144 Å². The first kappa shape index (κ1) is 35.2. The molecule has 9 rings (SSSR count). The van der Waals surface area contributed by atoms with Crippen LogP contribution in [0.5, 0.6) is 0 Å². The fourth-order valence-electron chi connectivity index (χ4n) is 11.6. The summed E-state index contributed by atoms with van der Waals surface area (Å²) in [5.41, 5.74) is 19.9. The summed E-state index contributed by atoms with van der Waals surface area (Å²) in [4.78, 5) is 5.01. The van der Waals surface area contributed by atoms with Gasteiger partial charge in [-0.15, -0.1) is 0 Å². The Hall–Kier alpha value is -4.24. The number of rotatable bonds is 2. The molecule has 0 fully saturated rings. The number of nitrogens with zero attached hydrogens (tertiary/aromatic N) is 2. The molecule has 0 atom stereocenters. The number of benzene rings is 5. The molecule has 0 saturated carbocycles. The standard InChI is InChI=1S/C52H61BN2/c1-47(2,3)32-18-21-34(22-19-32)54-42-25-20-33(48(4,5)6)26-40(42)53-41-28-38-39(52(13,14)31-51(38,11)12)29-45(41)55(44-17-15-16-43(54)46(44)53)35-23-24-36-37(27-35)50(9,10)30-49(36,7)8/h15-29H,30-31H2,1-14H3/i15T. The lowest BCUT2D eigenvalue weighted by atomic mass is 9.33. The fraction of sp³-hybridized carbons (Fsp3) is 0.423. The minimum Gasteiger partial charge on any atom is -0.311 e. The minimum absolute atomic E-state index is 0.0131. The van der Waals surface area contributed by atoms with E-state index in [2.05, 4.69) is 192 Å². The summed E-state index contributed by atoms with van der Waals surface area (Å²) < 4.78 is 9.50. The maximum absolute atomic E-state index is 9.50. The molecule has 0 amide bonds. The van der Waals surface area contributed by atoms with Crippen LogP contribution in [0.1, 0.15) is 145 Å². The maximum atomic E-state index is 9.50. The van der Waals surface area contributed by atoms with Gasteiger partial charge in [0.2, 0.25) is 0 Å². The molecule has 3 heteroatoms. The summed E-state index contributed by atoms with van der Waals surface area (Å²) >= 11 is 0. The number of hydrogen-bond donors (Lipinski definition) is 0. The topological polar surface area (TPSA) is 6.48 Å². The third-order valence-corrected chi connectivity index (χ3v) is 13.9. The van der Waals surface area contributed by atoms with Crippen molar-refractivity contribution in [1.82, 2.24) is 0 Å². The molecule has 5 aromatic rings. The van der Waals surface area contributed by atoms with E-state index >= 15 is 0 Å². The summed E-state index contributed by atoms with van der Waals surface area (Å²) in [7, 11) is 0. The molecule has 4 aliphatic rings. The maximum Gasteiger partial charge on any atom is 0.252 e. The zero-order valence-corrected chi connectivity index (χ0v) is 36.0. The van der Waals surface area contributed by atoms with Crippen LogP contribution in [-0.2, 0) is 32.5 Å². The Bertz CT molecular complexity index is 2470. The van der Waals surface area contributed by atoms with Crippen LogP contribution in [-0.4, -0.2) is 6.71 Å². The molecular weight excluding hydrogens is 663 g/mol. The molecule has 2 aliphatic carbocycles. The van der Waals surface area contributed by atoms with Gasteiger partial charge in [0.05, 0.1) is 1.37 Å². The van der Waals surface area contributed by atoms with E-state index in [0.717, 1.165) is 29.9 Å². The van der Waals surface area contributed by atoms with Crippen molar-refractivity contribution in [3.05, 3.63) is 124 Å². The summed E-state index contributed by atoms with van der Waals surface area (Å²) in [5.74, 6) is 0. The number of fused-ring (bicyclic) bond motifs is 6. The Morgan fingerprint density at radius 3 is 1.53 bits per heavy atom. The Kier molecular flexibility index (Phi) is 7.17. The smallest absolute Gasteiger partial charge is 0.252 e. The van der Waals surface area contributed by atoms with Crippen molar-refractivity contribution in [3.63, 3.8) is 0 Å². The van der Waals surface area contributed by atoms with Gasteiger partial charge >= 0.3 is 0 Å². The zero-order chi connectivity index (χ0) is 40.3. The summed E-state index contributed by atoms with van der Waals surface area (Å²) in [6.45, 7) is 33.2. The summed E-state index contributed by atoms with van der Waals surface area (Å²) in [6, 6.07) is 33.7. The van der Waals surface area contributed by atoms with E-state index in [1.807, 2.05) is 0 Å². The Balaban J connectivity index is 1.39. The van der Waals surface area contributed by atoms with Crippen LogP contribution in [0.25, 0.3) is 0 Å². The average Bonchev–Trinajstić information content (AvgIpc) is 3.39. The Morgan fingerprint density at radius 1 is 0.473 bits per heavy atom. The second-order valence-corrected chi connectivity index (χ2v) is 22.1. The normalized spacial score (nSPS) is 19.7. The minimum atomic E-state index is -0.0131. The van der Waals surface area contributed by atoms with Crippen molar-refractivity contribution >= 4 is 57.2 Å². The highest BCUT2D eigenvalue weighted by atomic mass is 15.2. The quantitative estimate of drug-likeness (QED) is 0.164. The van der Waals surface area contributed by atoms with Crippen LogP contribution >= 0.6 is 0 Å². The lowest BCUT2D eigenvalue weighted by molar-refractivity contribution is 0.403. The van der Waals surface area contributed by atoms with Gasteiger partial charge in [-0.25, -0.2) is 0 Å². The molecule has 2 heterocycles. The first-order valence-corrected chi connectivity index (χ1v) is 20.7. The van der Waals surface area contributed by atoms with E-state index in [1.165, 1.54) is 66.8 Å². The van der Waals surface area contributed by atoms with Crippen molar-refractivity contribution in [1.29, 1.82) is 0 Å². The molecule has 2 nitrogen and oxygen atoms in total. The second-order valence-electron chi connectivity index (χ2n) is 22.1. The number of hydrogen-bond acceptors (Lipinski definition) is 2. The molecule has 2 aliphatic heterocycles. The van der Waals surface area contributed by atoms with Crippen molar-refractivity contribution in [3.8, 4) is 0 Å². The monoisotopic (exact) mass is 727 g/mol. The van der Waals surface area contributed by atoms with E-state index < -0.39 is 0 Å². The first-order chi connectivity index (χ1) is 25.9. The molecule has 0 radical (unpaired) electrons.